The predicted molar refractivity (Wildman–Crippen MR) is 167 cm³/mol. The van der Waals surface area contributed by atoms with Crippen LogP contribution in [0.3, 0.4) is 0 Å². The minimum absolute atomic E-state index is 0. The Balaban J connectivity index is -0.000000116. The van der Waals surface area contributed by atoms with Crippen molar-refractivity contribution in [3.05, 3.63) is 0 Å². The number of thiol groups is 1. The molecule has 236 valence electrons. The summed E-state index contributed by atoms with van der Waals surface area (Å²) in [5.41, 5.74) is 0. The van der Waals surface area contributed by atoms with Crippen molar-refractivity contribution in [2.75, 3.05) is 13.2 Å². The summed E-state index contributed by atoms with van der Waals surface area (Å²) >= 11 is 3.33. The van der Waals surface area contributed by atoms with Gasteiger partial charge in [-0.25, -0.2) is 4.79 Å². The molecular weight excluding hydrogens is 601 g/mol. The van der Waals surface area contributed by atoms with E-state index in [0.717, 1.165) is 19.3 Å². The first-order valence-electron chi connectivity index (χ1n) is 13.2. The van der Waals surface area contributed by atoms with Crippen LogP contribution in [0.2, 0.25) is 0 Å². The fourth-order valence-electron chi connectivity index (χ4n) is 3.06. The van der Waals surface area contributed by atoms with Crippen molar-refractivity contribution in [3.63, 3.8) is 0 Å². The van der Waals surface area contributed by atoms with E-state index in [0.29, 0.717) is 6.42 Å². The molecule has 0 aliphatic carbocycles. The topological polar surface area (TPSA) is 142 Å². The average molecular weight is 655 g/mol. The average Bonchev–Trinajstić information content (AvgIpc) is 2.87. The van der Waals surface area contributed by atoms with Gasteiger partial charge in [-0.05, 0) is 41.9 Å². The minimum Gasteiger partial charge on any atom is -0.790 e. The molecule has 1 atom stereocenters. The zero-order valence-corrected chi connectivity index (χ0v) is 31.1. The maximum absolute atomic E-state index is 12.1. The molecule has 0 aromatic rings. The Hall–Kier alpha value is -0.690. The van der Waals surface area contributed by atoms with Gasteiger partial charge in [0.25, 0.3) is 0 Å². The summed E-state index contributed by atoms with van der Waals surface area (Å²) in [6.07, 6.45) is 17.5. The molecule has 0 N–H and O–H groups in total. The van der Waals surface area contributed by atoms with E-state index in [4.69, 9.17) is 15.9 Å². The number of phosphoric acid groups is 1. The summed E-state index contributed by atoms with van der Waals surface area (Å²) in [7, 11) is -5.30. The Kier molecular flexibility index (Phi) is 39.9. The van der Waals surface area contributed by atoms with Gasteiger partial charge in [-0.15, -0.1) is 19.1 Å². The molecule has 0 aliphatic rings. The quantitative estimate of drug-likeness (QED) is 0.0361. The SMILES string of the molecule is C#CC#CC#CC#CC(=O)OC[C@H](COP(=O)([O-])[O-])OC(=O)CCCCCCCCCCCCCC.CC(=O)S.[HH].[HH].[HH].[HH].[HH].[HH].[HH].[Na+].[Na+]. The summed E-state index contributed by atoms with van der Waals surface area (Å²) in [5.74, 6) is 13.8. The molecule has 0 amide bonds. The number of carbonyl (C=O) groups excluding carboxylic acids is 3. The van der Waals surface area contributed by atoms with E-state index in [1.807, 2.05) is 0 Å². The molecule has 0 spiro atoms. The van der Waals surface area contributed by atoms with Crippen LogP contribution in [-0.2, 0) is 32.9 Å². The Bertz CT molecular complexity index is 1050. The molecule has 0 fully saturated rings. The number of carbonyl (C=O) groups is 3. The van der Waals surface area contributed by atoms with Crippen LogP contribution in [0, 0.1) is 47.9 Å². The Morgan fingerprint density at radius 3 is 1.76 bits per heavy atom. The standard InChI is InChI=1S/C27H37O8P.C2H4OS.2Na.7H2/c1-3-5-7-9-11-12-13-14-15-16-18-20-22-27(29)35-25(24-34-36(30,31)32)23-33-26(28)21-19-17-10-8-6-4-2;1-2(3)4;;;;;;;;;/h2,25H,3,5,7,9,11-16,18,20,22-24H2,1H3,(H2,30,31,32);1H3,(H,3,4);;;7*1H/q;;2*+1;;;;;;;/p-2/t25-;;;;;;;;;;/m1........../s1. The smallest absolute Gasteiger partial charge is 0.790 e. The molecule has 0 unspecified atom stereocenters. The zero-order chi connectivity index (χ0) is 30.5. The summed E-state index contributed by atoms with van der Waals surface area (Å²) in [4.78, 5) is 54.5. The third kappa shape index (κ3) is 43.8. The minimum atomic E-state index is -5.30. The number of rotatable bonds is 19. The van der Waals surface area contributed by atoms with Crippen LogP contribution < -0.4 is 68.9 Å². The number of terminal acetylenes is 1. The van der Waals surface area contributed by atoms with Crippen LogP contribution in [0.5, 0.6) is 0 Å². The van der Waals surface area contributed by atoms with E-state index < -0.39 is 39.1 Å². The normalized spacial score (nSPS) is 9.90. The van der Waals surface area contributed by atoms with Crippen molar-refractivity contribution in [1.82, 2.24) is 0 Å². The Morgan fingerprint density at radius 1 is 0.833 bits per heavy atom. The summed E-state index contributed by atoms with van der Waals surface area (Å²) < 4.78 is 24.8. The van der Waals surface area contributed by atoms with Gasteiger partial charge in [0, 0.05) is 29.3 Å². The summed E-state index contributed by atoms with van der Waals surface area (Å²) in [5, 5.41) is -0.139. The van der Waals surface area contributed by atoms with Crippen molar-refractivity contribution in [1.29, 1.82) is 0 Å². The predicted octanol–water partition coefficient (Wildman–Crippen LogP) is -0.786. The van der Waals surface area contributed by atoms with Gasteiger partial charge < -0.3 is 28.3 Å². The zero-order valence-electron chi connectivity index (χ0n) is 25.3. The first-order valence-corrected chi connectivity index (χ1v) is 15.1. The molecule has 0 rings (SSSR count). The van der Waals surface area contributed by atoms with Gasteiger partial charge in [0.15, 0.2) is 11.2 Å². The fourth-order valence-corrected chi connectivity index (χ4v) is 3.41. The molecule has 0 saturated heterocycles. The number of unbranched alkanes of at least 4 members (excludes halogenated alkanes) is 11. The Morgan fingerprint density at radius 2 is 1.29 bits per heavy atom. The second-order valence-electron chi connectivity index (χ2n) is 8.51. The molecule has 0 aliphatic heterocycles. The number of ether oxygens (including phenoxy) is 2. The van der Waals surface area contributed by atoms with Crippen LogP contribution >= 0.6 is 20.5 Å². The van der Waals surface area contributed by atoms with E-state index >= 15 is 0 Å². The van der Waals surface area contributed by atoms with Crippen molar-refractivity contribution < 1.29 is 112 Å². The van der Waals surface area contributed by atoms with Crippen LogP contribution in [0.4, 0.5) is 0 Å². The van der Waals surface area contributed by atoms with Gasteiger partial charge in [0.2, 0.25) is 0 Å². The monoisotopic (exact) mass is 654 g/mol. The third-order valence-corrected chi connectivity index (χ3v) is 5.30. The molecular formula is C29H53Na2O9PS. The molecule has 0 aromatic heterocycles. The largest absolute Gasteiger partial charge is 1.00 e. The van der Waals surface area contributed by atoms with Gasteiger partial charge >= 0.3 is 71.1 Å². The van der Waals surface area contributed by atoms with Crippen molar-refractivity contribution in [2.24, 2.45) is 0 Å². The second-order valence-corrected chi connectivity index (χ2v) is 10.3. The van der Waals surface area contributed by atoms with Crippen LogP contribution in [0.25, 0.3) is 0 Å². The maximum Gasteiger partial charge on any atom is 1.00 e. The van der Waals surface area contributed by atoms with E-state index in [1.165, 1.54) is 58.3 Å². The van der Waals surface area contributed by atoms with Crippen molar-refractivity contribution in [2.45, 2.75) is 103 Å². The van der Waals surface area contributed by atoms with Gasteiger partial charge in [-0.3, -0.25) is 9.59 Å². The first kappa shape index (κ1) is 48.2. The van der Waals surface area contributed by atoms with Crippen molar-refractivity contribution in [3.8, 4) is 47.9 Å². The molecule has 42 heavy (non-hydrogen) atoms. The van der Waals surface area contributed by atoms with Gasteiger partial charge in [0.05, 0.1) is 14.4 Å². The molecule has 0 heterocycles. The second kappa shape index (κ2) is 34.8. The van der Waals surface area contributed by atoms with Crippen molar-refractivity contribution >= 4 is 37.5 Å². The van der Waals surface area contributed by atoms with Crippen LogP contribution in [0.1, 0.15) is 107 Å². The van der Waals surface area contributed by atoms with E-state index in [9.17, 15) is 28.7 Å². The van der Waals surface area contributed by atoms with E-state index in [-0.39, 0.29) is 80.6 Å². The number of esters is 2. The van der Waals surface area contributed by atoms with Crippen LogP contribution in [-0.4, -0.2) is 36.4 Å². The number of phosphoric ester groups is 1. The van der Waals surface area contributed by atoms with Gasteiger partial charge in [-0.2, -0.15) is 0 Å². The molecule has 0 bridgehead atoms. The Labute approximate surface area is 311 Å². The number of hydrogen-bond acceptors (Lipinski definition) is 9. The van der Waals surface area contributed by atoms with Gasteiger partial charge in [0.1, 0.15) is 6.61 Å². The molecule has 0 radical (unpaired) electrons. The maximum atomic E-state index is 12.1. The van der Waals surface area contributed by atoms with Crippen LogP contribution in [0.15, 0.2) is 0 Å². The molecule has 0 saturated carbocycles. The third-order valence-electron chi connectivity index (χ3n) is 4.84. The molecule has 13 heteroatoms. The molecule has 0 aromatic carbocycles. The fraction of sp³-hybridized carbons (Fsp3) is 0.621. The number of hydrogen-bond donors (Lipinski definition) is 1. The molecule has 9 nitrogen and oxygen atoms in total. The first-order chi connectivity index (χ1) is 19.0. The summed E-state index contributed by atoms with van der Waals surface area (Å²) in [6, 6.07) is 0. The van der Waals surface area contributed by atoms with E-state index in [2.05, 4.69) is 65.5 Å². The van der Waals surface area contributed by atoms with Gasteiger partial charge in [-0.1, -0.05) is 77.6 Å². The summed E-state index contributed by atoms with van der Waals surface area (Å²) in [6.45, 7) is 2.30. The van der Waals surface area contributed by atoms with E-state index in [1.54, 1.807) is 0 Å².